The molecule has 8 nitrogen and oxygen atoms in total. The molecule has 1 N–H and O–H groups in total. The van der Waals surface area contributed by atoms with Crippen LogP contribution < -0.4 is 19.5 Å². The highest BCUT2D eigenvalue weighted by Crippen LogP contribution is 2.34. The van der Waals surface area contributed by atoms with Crippen LogP contribution in [0.15, 0.2) is 47.4 Å². The maximum absolute atomic E-state index is 12.6. The number of imide groups is 1. The number of anilines is 1. The third kappa shape index (κ3) is 4.83. The predicted octanol–water partition coefficient (Wildman–Crippen LogP) is 3.53. The first kappa shape index (κ1) is 20.8. The SMILES string of the molecule is CCOc1ccc(/C=C2/SC(=O)N(CC(=O)Nc3ccc4c(c3)OCCO4)C2=O)cc1. The summed E-state index contributed by atoms with van der Waals surface area (Å²) in [5, 5.41) is 2.19. The molecule has 2 heterocycles. The molecule has 31 heavy (non-hydrogen) atoms. The number of carbonyl (C=O) groups is 3. The minimum atomic E-state index is -0.499. The van der Waals surface area contributed by atoms with Crippen molar-refractivity contribution in [1.82, 2.24) is 4.90 Å². The number of fused-ring (bicyclic) bond motifs is 1. The van der Waals surface area contributed by atoms with Crippen LogP contribution in [0.3, 0.4) is 0 Å². The molecule has 9 heteroatoms. The van der Waals surface area contributed by atoms with Gasteiger partial charge in [-0.15, -0.1) is 0 Å². The van der Waals surface area contributed by atoms with E-state index in [1.165, 1.54) is 0 Å². The summed E-state index contributed by atoms with van der Waals surface area (Å²) in [6, 6.07) is 12.2. The van der Waals surface area contributed by atoms with Crippen LogP contribution in [0.4, 0.5) is 10.5 Å². The highest BCUT2D eigenvalue weighted by atomic mass is 32.2. The molecule has 160 valence electrons. The third-order valence-electron chi connectivity index (χ3n) is 4.49. The molecule has 1 fully saturated rings. The van der Waals surface area contributed by atoms with Crippen molar-refractivity contribution >= 4 is 40.6 Å². The Morgan fingerprint density at radius 2 is 1.87 bits per heavy atom. The van der Waals surface area contributed by atoms with Crippen molar-refractivity contribution < 1.29 is 28.6 Å². The number of thioether (sulfide) groups is 1. The Hall–Kier alpha value is -3.46. The molecule has 1 saturated heterocycles. The van der Waals surface area contributed by atoms with E-state index >= 15 is 0 Å². The number of benzene rings is 2. The first-order chi connectivity index (χ1) is 15.0. The molecule has 3 amide bonds. The fourth-order valence-electron chi connectivity index (χ4n) is 3.08. The summed E-state index contributed by atoms with van der Waals surface area (Å²) in [6.07, 6.45) is 1.62. The van der Waals surface area contributed by atoms with E-state index in [-0.39, 0.29) is 11.4 Å². The zero-order chi connectivity index (χ0) is 21.8. The molecule has 2 aliphatic rings. The molecule has 0 bridgehead atoms. The highest BCUT2D eigenvalue weighted by molar-refractivity contribution is 8.18. The molecule has 0 aromatic heterocycles. The summed E-state index contributed by atoms with van der Waals surface area (Å²) in [7, 11) is 0. The van der Waals surface area contributed by atoms with E-state index < -0.39 is 17.1 Å². The van der Waals surface area contributed by atoms with Crippen molar-refractivity contribution in [2.45, 2.75) is 6.92 Å². The molecule has 2 aromatic carbocycles. The minimum absolute atomic E-state index is 0.265. The molecule has 0 aliphatic carbocycles. The van der Waals surface area contributed by atoms with Gasteiger partial charge in [0, 0.05) is 11.8 Å². The summed E-state index contributed by atoms with van der Waals surface area (Å²) >= 11 is 0.809. The van der Waals surface area contributed by atoms with Crippen molar-refractivity contribution in [2.75, 3.05) is 31.7 Å². The second-order valence-electron chi connectivity index (χ2n) is 6.68. The average Bonchev–Trinajstić information content (AvgIpc) is 3.02. The first-order valence-electron chi connectivity index (χ1n) is 9.71. The van der Waals surface area contributed by atoms with Gasteiger partial charge in [-0.1, -0.05) is 12.1 Å². The lowest BCUT2D eigenvalue weighted by Gasteiger charge is -2.19. The fraction of sp³-hybridized carbons (Fsp3) is 0.227. The summed E-state index contributed by atoms with van der Waals surface area (Å²) in [4.78, 5) is 38.6. The Kier molecular flexibility index (Phi) is 6.13. The van der Waals surface area contributed by atoms with E-state index in [1.54, 1.807) is 48.5 Å². The van der Waals surface area contributed by atoms with Crippen molar-refractivity contribution in [3.63, 3.8) is 0 Å². The van der Waals surface area contributed by atoms with Crippen LogP contribution in [0.1, 0.15) is 12.5 Å². The Labute approximate surface area is 183 Å². The number of nitrogens with zero attached hydrogens (tertiary/aromatic N) is 1. The second kappa shape index (κ2) is 9.13. The molecule has 2 aliphatic heterocycles. The Morgan fingerprint density at radius 1 is 1.13 bits per heavy atom. The van der Waals surface area contributed by atoms with Crippen molar-refractivity contribution in [3.8, 4) is 17.2 Å². The van der Waals surface area contributed by atoms with Crippen molar-refractivity contribution in [2.24, 2.45) is 0 Å². The van der Waals surface area contributed by atoms with Gasteiger partial charge >= 0.3 is 0 Å². The summed E-state index contributed by atoms with van der Waals surface area (Å²) in [5.41, 5.74) is 1.25. The Morgan fingerprint density at radius 3 is 2.61 bits per heavy atom. The van der Waals surface area contributed by atoms with E-state index in [4.69, 9.17) is 14.2 Å². The average molecular weight is 440 g/mol. The van der Waals surface area contributed by atoms with Gasteiger partial charge in [0.25, 0.3) is 11.1 Å². The van der Waals surface area contributed by atoms with Gasteiger partial charge in [0.2, 0.25) is 5.91 Å². The fourth-order valence-corrected chi connectivity index (χ4v) is 3.92. The smallest absolute Gasteiger partial charge is 0.294 e. The number of carbonyl (C=O) groups excluding carboxylic acids is 3. The van der Waals surface area contributed by atoms with E-state index in [9.17, 15) is 14.4 Å². The van der Waals surface area contributed by atoms with Crippen LogP contribution in [0, 0.1) is 0 Å². The second-order valence-corrected chi connectivity index (χ2v) is 7.67. The Bertz CT molecular complexity index is 1050. The van der Waals surface area contributed by atoms with Crippen molar-refractivity contribution in [1.29, 1.82) is 0 Å². The summed E-state index contributed by atoms with van der Waals surface area (Å²) in [6.45, 7) is 2.99. The molecule has 0 atom stereocenters. The zero-order valence-corrected chi connectivity index (χ0v) is 17.6. The largest absolute Gasteiger partial charge is 0.494 e. The first-order valence-corrected chi connectivity index (χ1v) is 10.5. The molecule has 0 unspecified atom stereocenters. The van der Waals surface area contributed by atoms with E-state index in [2.05, 4.69) is 5.32 Å². The normalized spacial score (nSPS) is 16.5. The number of hydrogen-bond donors (Lipinski definition) is 1. The van der Waals surface area contributed by atoms with E-state index in [1.807, 2.05) is 6.92 Å². The molecule has 0 saturated carbocycles. The lowest BCUT2D eigenvalue weighted by Crippen LogP contribution is -2.36. The molecule has 2 aromatic rings. The van der Waals surface area contributed by atoms with Gasteiger partial charge in [0.1, 0.15) is 25.5 Å². The summed E-state index contributed by atoms with van der Waals surface area (Å²) in [5.74, 6) is 0.884. The molecular formula is C22H20N2O6S. The van der Waals surface area contributed by atoms with Gasteiger partial charge in [-0.2, -0.15) is 0 Å². The lowest BCUT2D eigenvalue weighted by atomic mass is 10.2. The lowest BCUT2D eigenvalue weighted by molar-refractivity contribution is -0.127. The van der Waals surface area contributed by atoms with Crippen LogP contribution in [0.25, 0.3) is 6.08 Å². The topological polar surface area (TPSA) is 94.2 Å². The van der Waals surface area contributed by atoms with Gasteiger partial charge in [0.05, 0.1) is 11.5 Å². The van der Waals surface area contributed by atoms with Gasteiger partial charge in [-0.05, 0) is 54.6 Å². The highest BCUT2D eigenvalue weighted by Gasteiger charge is 2.36. The molecule has 0 radical (unpaired) electrons. The van der Waals surface area contributed by atoms with Gasteiger partial charge < -0.3 is 19.5 Å². The van der Waals surface area contributed by atoms with Gasteiger partial charge in [-0.25, -0.2) is 0 Å². The number of ether oxygens (including phenoxy) is 3. The number of rotatable bonds is 6. The van der Waals surface area contributed by atoms with E-state index in [0.29, 0.717) is 37.0 Å². The van der Waals surface area contributed by atoms with Crippen LogP contribution >= 0.6 is 11.8 Å². The number of hydrogen-bond acceptors (Lipinski definition) is 7. The molecule has 0 spiro atoms. The quantitative estimate of drug-likeness (QED) is 0.687. The Balaban J connectivity index is 1.40. The monoisotopic (exact) mass is 440 g/mol. The predicted molar refractivity (Wildman–Crippen MR) is 116 cm³/mol. The van der Waals surface area contributed by atoms with Gasteiger partial charge in [-0.3, -0.25) is 19.3 Å². The van der Waals surface area contributed by atoms with Crippen LogP contribution in [-0.2, 0) is 9.59 Å². The number of nitrogens with one attached hydrogen (secondary N) is 1. The minimum Gasteiger partial charge on any atom is -0.494 e. The maximum Gasteiger partial charge on any atom is 0.294 e. The zero-order valence-electron chi connectivity index (χ0n) is 16.8. The summed E-state index contributed by atoms with van der Waals surface area (Å²) < 4.78 is 16.3. The standard InChI is InChI=1S/C22H20N2O6S/c1-2-28-16-6-3-14(4-7-16)11-19-21(26)24(22(27)31-19)13-20(25)23-15-5-8-17-18(12-15)30-10-9-29-17/h3-8,11-12H,2,9-10,13H2,1H3,(H,23,25)/b19-11+. The molecular weight excluding hydrogens is 420 g/mol. The van der Waals surface area contributed by atoms with Crippen molar-refractivity contribution in [3.05, 3.63) is 52.9 Å². The van der Waals surface area contributed by atoms with E-state index in [0.717, 1.165) is 28.0 Å². The third-order valence-corrected chi connectivity index (χ3v) is 5.40. The van der Waals surface area contributed by atoms with Crippen LogP contribution in [0.5, 0.6) is 17.2 Å². The van der Waals surface area contributed by atoms with Gasteiger partial charge in [0.15, 0.2) is 11.5 Å². The van der Waals surface area contributed by atoms with Crippen LogP contribution in [-0.4, -0.2) is 48.3 Å². The maximum atomic E-state index is 12.6. The molecule has 4 rings (SSSR count). The van der Waals surface area contributed by atoms with Crippen LogP contribution in [0.2, 0.25) is 0 Å². The number of amides is 3.